The number of rotatable bonds is 1. The van der Waals surface area contributed by atoms with Crippen molar-refractivity contribution >= 4 is 11.6 Å². The molecule has 2 aliphatic rings. The summed E-state index contributed by atoms with van der Waals surface area (Å²) < 4.78 is 62.9. The average molecular weight is 287 g/mol. The van der Waals surface area contributed by atoms with Gasteiger partial charge < -0.3 is 0 Å². The molecule has 0 amide bonds. The summed E-state index contributed by atoms with van der Waals surface area (Å²) in [5.41, 5.74) is 2.00. The third kappa shape index (κ3) is 2.12. The van der Waals surface area contributed by atoms with E-state index in [0.29, 0.717) is 5.57 Å². The maximum atomic E-state index is 12.6. The number of nitrogens with zero attached hydrogens (tertiary/aromatic N) is 1. The standard InChI is InChI=1S/C10H8ClF5N2/c1-4-2-5(9(12)13)8(11)18-6(4)3-7(17-18)10(14,15)16/h2-3,7,9,17H,1H3. The smallest absolute Gasteiger partial charge is 0.264 e. The normalized spacial score (nSPS) is 24.4. The fourth-order valence-electron chi connectivity index (χ4n) is 1.77. The lowest BCUT2D eigenvalue weighted by atomic mass is 10.1. The number of hydrogen-bond donors (Lipinski definition) is 1. The Balaban J connectivity index is 2.39. The van der Waals surface area contributed by atoms with Crippen LogP contribution in [0, 0.1) is 0 Å². The maximum Gasteiger partial charge on any atom is 0.409 e. The molecule has 0 spiro atoms. The second kappa shape index (κ2) is 4.24. The summed E-state index contributed by atoms with van der Waals surface area (Å²) in [6, 6.07) is -1.93. The van der Waals surface area contributed by atoms with Gasteiger partial charge in [0.25, 0.3) is 6.43 Å². The van der Waals surface area contributed by atoms with Gasteiger partial charge in [-0.05, 0) is 24.6 Å². The SMILES string of the molecule is CC1=CC(C(F)F)=C(Cl)N2NC(C(F)(F)F)C=C12. The summed E-state index contributed by atoms with van der Waals surface area (Å²) in [4.78, 5) is 0. The maximum absolute atomic E-state index is 12.6. The molecule has 1 unspecified atom stereocenters. The molecule has 2 nitrogen and oxygen atoms in total. The van der Waals surface area contributed by atoms with E-state index in [0.717, 1.165) is 17.2 Å². The molecule has 0 aromatic carbocycles. The Morgan fingerprint density at radius 1 is 1.39 bits per heavy atom. The molecule has 0 aliphatic carbocycles. The topological polar surface area (TPSA) is 15.3 Å². The first-order chi connectivity index (χ1) is 8.21. The van der Waals surface area contributed by atoms with E-state index in [1.54, 1.807) is 0 Å². The third-order valence-corrected chi connectivity index (χ3v) is 3.02. The van der Waals surface area contributed by atoms with Gasteiger partial charge in [-0.2, -0.15) is 13.2 Å². The Labute approximate surface area is 104 Å². The van der Waals surface area contributed by atoms with Crippen LogP contribution in [0.15, 0.2) is 34.2 Å². The van der Waals surface area contributed by atoms with E-state index in [4.69, 9.17) is 11.6 Å². The third-order valence-electron chi connectivity index (χ3n) is 2.63. The van der Waals surface area contributed by atoms with Crippen molar-refractivity contribution in [2.75, 3.05) is 0 Å². The lowest BCUT2D eigenvalue weighted by Crippen LogP contribution is -2.44. The Hall–Kier alpha value is -1.08. The lowest BCUT2D eigenvalue weighted by molar-refractivity contribution is -0.148. The van der Waals surface area contributed by atoms with Gasteiger partial charge in [-0.1, -0.05) is 11.6 Å². The van der Waals surface area contributed by atoms with Gasteiger partial charge in [-0.25, -0.2) is 14.2 Å². The molecule has 0 bridgehead atoms. The van der Waals surface area contributed by atoms with Gasteiger partial charge >= 0.3 is 6.18 Å². The largest absolute Gasteiger partial charge is 0.409 e. The molecule has 0 radical (unpaired) electrons. The van der Waals surface area contributed by atoms with Gasteiger partial charge in [0, 0.05) is 0 Å². The second-order valence-corrected chi connectivity index (χ2v) is 4.27. The van der Waals surface area contributed by atoms with Crippen LogP contribution in [0.3, 0.4) is 0 Å². The first kappa shape index (κ1) is 13.4. The van der Waals surface area contributed by atoms with Crippen LogP contribution in [0.2, 0.25) is 0 Å². The minimum absolute atomic E-state index is 0.145. The highest BCUT2D eigenvalue weighted by Gasteiger charge is 2.45. The van der Waals surface area contributed by atoms with E-state index in [1.807, 2.05) is 5.43 Å². The number of allylic oxidation sites excluding steroid dienone is 3. The van der Waals surface area contributed by atoms with Crippen LogP contribution in [-0.2, 0) is 0 Å². The minimum atomic E-state index is -4.51. The Morgan fingerprint density at radius 3 is 2.50 bits per heavy atom. The van der Waals surface area contributed by atoms with Crippen molar-refractivity contribution in [3.63, 3.8) is 0 Å². The Morgan fingerprint density at radius 2 is 2.00 bits per heavy atom. The van der Waals surface area contributed by atoms with E-state index in [9.17, 15) is 22.0 Å². The quantitative estimate of drug-likeness (QED) is 0.588. The molecule has 1 N–H and O–H groups in total. The average Bonchev–Trinajstić information content (AvgIpc) is 2.67. The number of alkyl halides is 5. The van der Waals surface area contributed by atoms with Crippen LogP contribution in [0.25, 0.3) is 0 Å². The number of halogens is 6. The number of fused-ring (bicyclic) bond motifs is 1. The van der Waals surface area contributed by atoms with Crippen LogP contribution < -0.4 is 5.43 Å². The fourth-order valence-corrected chi connectivity index (χ4v) is 2.04. The molecular formula is C10H8ClF5N2. The van der Waals surface area contributed by atoms with Crippen LogP contribution in [0.5, 0.6) is 0 Å². The lowest BCUT2D eigenvalue weighted by Gasteiger charge is -2.28. The first-order valence-electron chi connectivity index (χ1n) is 4.93. The van der Waals surface area contributed by atoms with Gasteiger partial charge in [0.2, 0.25) is 0 Å². The molecule has 0 saturated heterocycles. The van der Waals surface area contributed by atoms with Crippen molar-refractivity contribution < 1.29 is 22.0 Å². The highest BCUT2D eigenvalue weighted by Crippen LogP contribution is 2.38. The highest BCUT2D eigenvalue weighted by molar-refractivity contribution is 6.30. The molecule has 0 saturated carbocycles. The van der Waals surface area contributed by atoms with E-state index >= 15 is 0 Å². The van der Waals surface area contributed by atoms with Crippen molar-refractivity contribution in [3.05, 3.63) is 34.2 Å². The summed E-state index contributed by atoms with van der Waals surface area (Å²) in [6.07, 6.45) is -5.35. The second-order valence-electron chi connectivity index (χ2n) is 3.91. The fraction of sp³-hybridized carbons (Fsp3) is 0.400. The van der Waals surface area contributed by atoms with Crippen LogP contribution >= 0.6 is 11.6 Å². The van der Waals surface area contributed by atoms with Gasteiger partial charge in [0.05, 0.1) is 11.3 Å². The zero-order valence-electron chi connectivity index (χ0n) is 9.02. The molecule has 8 heteroatoms. The zero-order valence-corrected chi connectivity index (χ0v) is 9.78. The van der Waals surface area contributed by atoms with E-state index < -0.39 is 29.4 Å². The number of hydrazine groups is 1. The summed E-state index contributed by atoms with van der Waals surface area (Å²) in [6.45, 7) is 1.45. The zero-order chi connectivity index (χ0) is 13.7. The number of nitrogens with one attached hydrogen (secondary N) is 1. The van der Waals surface area contributed by atoms with Crippen molar-refractivity contribution in [1.29, 1.82) is 0 Å². The van der Waals surface area contributed by atoms with Crippen molar-refractivity contribution in [3.8, 4) is 0 Å². The van der Waals surface area contributed by atoms with Crippen molar-refractivity contribution in [1.82, 2.24) is 10.4 Å². The van der Waals surface area contributed by atoms with Gasteiger partial charge in [0.15, 0.2) is 0 Å². The molecule has 0 aromatic rings. The molecule has 1 atom stereocenters. The highest BCUT2D eigenvalue weighted by atomic mass is 35.5. The predicted octanol–water partition coefficient (Wildman–Crippen LogP) is 3.30. The molecule has 2 heterocycles. The van der Waals surface area contributed by atoms with Gasteiger partial charge in [-0.15, -0.1) is 0 Å². The summed E-state index contributed by atoms with van der Waals surface area (Å²) in [5, 5.41) is 0.407. The predicted molar refractivity (Wildman–Crippen MR) is 55.5 cm³/mol. The summed E-state index contributed by atoms with van der Waals surface area (Å²) in [5.74, 6) is 0. The molecule has 2 aliphatic heterocycles. The first-order valence-corrected chi connectivity index (χ1v) is 5.31. The van der Waals surface area contributed by atoms with Crippen molar-refractivity contribution in [2.24, 2.45) is 0 Å². The minimum Gasteiger partial charge on any atom is -0.264 e. The van der Waals surface area contributed by atoms with Crippen molar-refractivity contribution in [2.45, 2.75) is 25.6 Å². The Bertz CT molecular complexity index is 463. The summed E-state index contributed by atoms with van der Waals surface area (Å²) in [7, 11) is 0. The van der Waals surface area contributed by atoms with E-state index in [-0.39, 0.29) is 5.70 Å². The molecule has 2 rings (SSSR count). The Kier molecular flexibility index (Phi) is 3.14. The van der Waals surface area contributed by atoms with E-state index in [2.05, 4.69) is 0 Å². The molecular weight excluding hydrogens is 279 g/mol. The van der Waals surface area contributed by atoms with Gasteiger partial charge in [0.1, 0.15) is 11.2 Å². The van der Waals surface area contributed by atoms with Crippen LogP contribution in [0.1, 0.15) is 6.92 Å². The molecule has 100 valence electrons. The van der Waals surface area contributed by atoms with Crippen LogP contribution in [-0.4, -0.2) is 23.7 Å². The molecule has 0 fully saturated rings. The van der Waals surface area contributed by atoms with Gasteiger partial charge in [-0.3, -0.25) is 5.01 Å². The number of hydrogen-bond acceptors (Lipinski definition) is 2. The molecule has 0 aromatic heterocycles. The summed E-state index contributed by atoms with van der Waals surface area (Å²) >= 11 is 5.67. The monoisotopic (exact) mass is 286 g/mol. The van der Waals surface area contributed by atoms with Crippen LogP contribution in [0.4, 0.5) is 22.0 Å². The molecule has 18 heavy (non-hydrogen) atoms. The van der Waals surface area contributed by atoms with E-state index in [1.165, 1.54) is 6.92 Å².